The SMILES string of the molecule is O=C(Nc1cccc(Nc2ncnc3ncccc23)c1)c1ccccc1Br. The highest BCUT2D eigenvalue weighted by atomic mass is 79.9. The molecule has 0 saturated heterocycles. The third-order valence-corrected chi connectivity index (χ3v) is 4.60. The molecule has 7 heteroatoms. The first-order valence-corrected chi connectivity index (χ1v) is 8.99. The van der Waals surface area contributed by atoms with Gasteiger partial charge in [-0.2, -0.15) is 0 Å². The first-order valence-electron chi connectivity index (χ1n) is 8.19. The highest BCUT2D eigenvalue weighted by Crippen LogP contribution is 2.24. The van der Waals surface area contributed by atoms with Gasteiger partial charge in [0, 0.05) is 22.0 Å². The van der Waals surface area contributed by atoms with Crippen molar-refractivity contribution in [2.75, 3.05) is 10.6 Å². The zero-order valence-corrected chi connectivity index (χ0v) is 15.6. The second-order valence-electron chi connectivity index (χ2n) is 5.74. The quantitative estimate of drug-likeness (QED) is 0.497. The van der Waals surface area contributed by atoms with Crippen LogP contribution in [-0.4, -0.2) is 20.9 Å². The third kappa shape index (κ3) is 3.78. The lowest BCUT2D eigenvalue weighted by atomic mass is 10.2. The summed E-state index contributed by atoms with van der Waals surface area (Å²) in [6.45, 7) is 0. The second kappa shape index (κ2) is 7.51. The molecule has 0 atom stereocenters. The van der Waals surface area contributed by atoms with Crippen LogP contribution in [0.2, 0.25) is 0 Å². The first-order chi connectivity index (χ1) is 13.2. The molecule has 4 aromatic rings. The molecule has 0 fully saturated rings. The zero-order chi connectivity index (χ0) is 18.6. The van der Waals surface area contributed by atoms with Crippen LogP contribution in [0.1, 0.15) is 10.4 Å². The lowest BCUT2D eigenvalue weighted by molar-refractivity contribution is 0.102. The molecule has 0 bridgehead atoms. The van der Waals surface area contributed by atoms with Gasteiger partial charge in [-0.15, -0.1) is 0 Å². The summed E-state index contributed by atoms with van der Waals surface area (Å²) in [6.07, 6.45) is 3.16. The molecule has 0 spiro atoms. The van der Waals surface area contributed by atoms with Gasteiger partial charge in [-0.1, -0.05) is 18.2 Å². The van der Waals surface area contributed by atoms with Crippen LogP contribution in [0.15, 0.2) is 77.7 Å². The van der Waals surface area contributed by atoms with Gasteiger partial charge >= 0.3 is 0 Å². The molecule has 2 aromatic carbocycles. The van der Waals surface area contributed by atoms with Gasteiger partial charge in [0.2, 0.25) is 0 Å². The number of nitrogens with zero attached hydrogens (tertiary/aromatic N) is 3. The van der Waals surface area contributed by atoms with Crippen molar-refractivity contribution in [2.24, 2.45) is 0 Å². The average molecular weight is 420 g/mol. The highest BCUT2D eigenvalue weighted by Gasteiger charge is 2.10. The number of halogens is 1. The molecule has 0 aliphatic heterocycles. The summed E-state index contributed by atoms with van der Waals surface area (Å²) in [5.41, 5.74) is 2.66. The van der Waals surface area contributed by atoms with Crippen LogP contribution >= 0.6 is 15.9 Å². The summed E-state index contributed by atoms with van der Waals surface area (Å²) >= 11 is 3.40. The van der Waals surface area contributed by atoms with Crippen molar-refractivity contribution in [1.82, 2.24) is 15.0 Å². The fourth-order valence-electron chi connectivity index (χ4n) is 2.65. The van der Waals surface area contributed by atoms with E-state index in [2.05, 4.69) is 41.5 Å². The van der Waals surface area contributed by atoms with Gasteiger partial charge in [-0.3, -0.25) is 4.79 Å². The van der Waals surface area contributed by atoms with Crippen molar-refractivity contribution in [2.45, 2.75) is 0 Å². The topological polar surface area (TPSA) is 79.8 Å². The Hall–Kier alpha value is -3.32. The van der Waals surface area contributed by atoms with Crippen molar-refractivity contribution >= 4 is 50.1 Å². The number of rotatable bonds is 4. The predicted molar refractivity (Wildman–Crippen MR) is 109 cm³/mol. The number of benzene rings is 2. The van der Waals surface area contributed by atoms with Gasteiger partial charge in [0.05, 0.1) is 10.9 Å². The van der Waals surface area contributed by atoms with Crippen LogP contribution in [0, 0.1) is 0 Å². The molecular weight excluding hydrogens is 406 g/mol. The van der Waals surface area contributed by atoms with Gasteiger partial charge in [0.25, 0.3) is 5.91 Å². The van der Waals surface area contributed by atoms with E-state index in [-0.39, 0.29) is 5.91 Å². The number of pyridine rings is 1. The average Bonchev–Trinajstić information content (AvgIpc) is 2.69. The summed E-state index contributed by atoms with van der Waals surface area (Å²) in [6, 6.07) is 18.5. The molecule has 0 saturated carbocycles. The maximum absolute atomic E-state index is 12.5. The molecule has 4 rings (SSSR count). The number of carbonyl (C=O) groups is 1. The van der Waals surface area contributed by atoms with Crippen LogP contribution in [0.5, 0.6) is 0 Å². The lowest BCUT2D eigenvalue weighted by Gasteiger charge is -2.11. The van der Waals surface area contributed by atoms with Crippen LogP contribution < -0.4 is 10.6 Å². The summed E-state index contributed by atoms with van der Waals surface area (Å²) in [4.78, 5) is 25.2. The summed E-state index contributed by atoms with van der Waals surface area (Å²) in [7, 11) is 0. The molecule has 2 N–H and O–H groups in total. The molecule has 0 unspecified atom stereocenters. The normalized spacial score (nSPS) is 10.6. The summed E-state index contributed by atoms with van der Waals surface area (Å²) < 4.78 is 0.747. The van der Waals surface area contributed by atoms with Gasteiger partial charge in [-0.05, 0) is 58.4 Å². The minimum Gasteiger partial charge on any atom is -0.340 e. The summed E-state index contributed by atoms with van der Waals surface area (Å²) in [5, 5.41) is 6.99. The Morgan fingerprint density at radius 2 is 1.74 bits per heavy atom. The Morgan fingerprint density at radius 1 is 0.889 bits per heavy atom. The predicted octanol–water partition coefficient (Wildman–Crippen LogP) is 4.78. The second-order valence-corrected chi connectivity index (χ2v) is 6.59. The van der Waals surface area contributed by atoms with E-state index in [1.54, 1.807) is 12.3 Å². The van der Waals surface area contributed by atoms with Gasteiger partial charge in [0.1, 0.15) is 12.1 Å². The highest BCUT2D eigenvalue weighted by molar-refractivity contribution is 9.10. The van der Waals surface area contributed by atoms with E-state index in [4.69, 9.17) is 0 Å². The van der Waals surface area contributed by atoms with Crippen LogP contribution in [0.3, 0.4) is 0 Å². The van der Waals surface area contributed by atoms with E-state index in [1.165, 1.54) is 6.33 Å². The van der Waals surface area contributed by atoms with Crippen LogP contribution in [0.4, 0.5) is 17.2 Å². The Morgan fingerprint density at radius 3 is 2.63 bits per heavy atom. The Kier molecular flexibility index (Phi) is 4.76. The van der Waals surface area contributed by atoms with E-state index in [9.17, 15) is 4.79 Å². The summed E-state index contributed by atoms with van der Waals surface area (Å²) in [5.74, 6) is 0.471. The number of carbonyl (C=O) groups excluding carboxylic acids is 1. The van der Waals surface area contributed by atoms with Crippen molar-refractivity contribution < 1.29 is 4.79 Å². The maximum atomic E-state index is 12.5. The van der Waals surface area contributed by atoms with Crippen molar-refractivity contribution in [3.63, 3.8) is 0 Å². The van der Waals surface area contributed by atoms with E-state index < -0.39 is 0 Å². The molecule has 2 aromatic heterocycles. The molecule has 2 heterocycles. The lowest BCUT2D eigenvalue weighted by Crippen LogP contribution is -2.12. The molecule has 0 aliphatic rings. The Labute approximate surface area is 163 Å². The van der Waals surface area contributed by atoms with E-state index in [1.807, 2.05) is 54.6 Å². The van der Waals surface area contributed by atoms with E-state index in [0.29, 0.717) is 22.7 Å². The van der Waals surface area contributed by atoms with E-state index in [0.717, 1.165) is 15.5 Å². The molecule has 0 aliphatic carbocycles. The Bertz CT molecular complexity index is 1130. The van der Waals surface area contributed by atoms with Gasteiger partial charge in [0.15, 0.2) is 5.65 Å². The number of hydrogen-bond donors (Lipinski definition) is 2. The van der Waals surface area contributed by atoms with Crippen LogP contribution in [-0.2, 0) is 0 Å². The molecule has 0 radical (unpaired) electrons. The number of anilines is 3. The zero-order valence-electron chi connectivity index (χ0n) is 14.1. The maximum Gasteiger partial charge on any atom is 0.256 e. The van der Waals surface area contributed by atoms with E-state index >= 15 is 0 Å². The standard InChI is InChI=1S/C20H14BrN5O/c21-17-9-2-1-7-15(17)20(27)26-14-6-3-5-13(11-14)25-19-16-8-4-10-22-18(16)23-12-24-19/h1-12H,(H,26,27)(H,22,23,24,25). The number of fused-ring (bicyclic) bond motifs is 1. The van der Waals surface area contributed by atoms with Gasteiger partial charge in [-0.25, -0.2) is 15.0 Å². The molecule has 27 heavy (non-hydrogen) atoms. The largest absolute Gasteiger partial charge is 0.340 e. The van der Waals surface area contributed by atoms with Gasteiger partial charge < -0.3 is 10.6 Å². The van der Waals surface area contributed by atoms with Crippen LogP contribution in [0.25, 0.3) is 11.0 Å². The van der Waals surface area contributed by atoms with Crippen molar-refractivity contribution in [1.29, 1.82) is 0 Å². The minimum absolute atomic E-state index is 0.184. The third-order valence-electron chi connectivity index (χ3n) is 3.91. The molecule has 132 valence electrons. The number of hydrogen-bond acceptors (Lipinski definition) is 5. The number of nitrogens with one attached hydrogen (secondary N) is 2. The number of amides is 1. The molecular formula is C20H14BrN5O. The van der Waals surface area contributed by atoms with Crippen molar-refractivity contribution in [3.8, 4) is 0 Å². The Balaban J connectivity index is 1.58. The fourth-order valence-corrected chi connectivity index (χ4v) is 3.12. The molecule has 1 amide bonds. The number of aromatic nitrogens is 3. The fraction of sp³-hybridized carbons (Fsp3) is 0. The smallest absolute Gasteiger partial charge is 0.256 e. The minimum atomic E-state index is -0.184. The molecule has 6 nitrogen and oxygen atoms in total. The first kappa shape index (κ1) is 17.1. The monoisotopic (exact) mass is 419 g/mol. The van der Waals surface area contributed by atoms with Crippen molar-refractivity contribution in [3.05, 3.63) is 83.2 Å².